The zero-order valence-electron chi connectivity index (χ0n) is 18.1. The minimum Gasteiger partial charge on any atom is -0.497 e. The van der Waals surface area contributed by atoms with Gasteiger partial charge in [-0.2, -0.15) is 0 Å². The van der Waals surface area contributed by atoms with Gasteiger partial charge in [-0.15, -0.1) is 0 Å². The molecule has 2 N–H and O–H groups in total. The van der Waals surface area contributed by atoms with E-state index in [9.17, 15) is 4.79 Å². The molecular weight excluding hydrogens is 402 g/mol. The average molecular weight is 428 g/mol. The molecule has 0 saturated heterocycles. The van der Waals surface area contributed by atoms with Crippen LogP contribution >= 0.6 is 0 Å². The minimum atomic E-state index is -0.256. The third-order valence-electron chi connectivity index (χ3n) is 5.73. The van der Waals surface area contributed by atoms with Gasteiger partial charge in [0.25, 0.3) is 5.91 Å². The monoisotopic (exact) mass is 427 g/mol. The highest BCUT2D eigenvalue weighted by molar-refractivity contribution is 6.07. The van der Waals surface area contributed by atoms with Gasteiger partial charge in [-0.05, 0) is 42.7 Å². The van der Waals surface area contributed by atoms with Gasteiger partial charge in [-0.25, -0.2) is 9.97 Å². The number of methoxy groups -OCH3 is 1. The number of anilines is 1. The van der Waals surface area contributed by atoms with Gasteiger partial charge in [0, 0.05) is 30.9 Å². The molecule has 1 atom stereocenters. The zero-order chi connectivity index (χ0) is 22.1. The Morgan fingerprint density at radius 3 is 2.62 bits per heavy atom. The van der Waals surface area contributed by atoms with Gasteiger partial charge >= 0.3 is 0 Å². The van der Waals surface area contributed by atoms with Crippen LogP contribution in [0.1, 0.15) is 40.6 Å². The Labute approximate surface area is 186 Å². The summed E-state index contributed by atoms with van der Waals surface area (Å²) in [6.45, 7) is 0. The van der Waals surface area contributed by atoms with Crippen LogP contribution in [0.15, 0.2) is 67.0 Å². The Balaban J connectivity index is 1.56. The Hall–Kier alpha value is -3.87. The second kappa shape index (κ2) is 8.34. The molecule has 1 aliphatic rings. The number of carbonyl (C=O) groups is 1. The Kier molecular flexibility index (Phi) is 5.23. The molecule has 1 saturated carbocycles. The number of hydrogen-bond donors (Lipinski definition) is 2. The van der Waals surface area contributed by atoms with Gasteiger partial charge in [-0.3, -0.25) is 4.79 Å². The molecule has 4 aromatic rings. The number of carbonyl (C=O) groups excluding carboxylic acids is 1. The summed E-state index contributed by atoms with van der Waals surface area (Å²) < 4.78 is 7.29. The van der Waals surface area contributed by atoms with E-state index in [1.54, 1.807) is 13.3 Å². The summed E-state index contributed by atoms with van der Waals surface area (Å²) in [5.41, 5.74) is 2.41. The second-order valence-corrected chi connectivity index (χ2v) is 8.07. The van der Waals surface area contributed by atoms with Gasteiger partial charge in [0.15, 0.2) is 0 Å². The summed E-state index contributed by atoms with van der Waals surface area (Å²) in [7, 11) is 3.61. The van der Waals surface area contributed by atoms with E-state index in [-0.39, 0.29) is 18.0 Å². The lowest BCUT2D eigenvalue weighted by atomic mass is 10.0. The molecular formula is C25H25N5O2. The maximum Gasteiger partial charge on any atom is 0.252 e. The number of hydrogen-bond acceptors (Lipinski definition) is 5. The van der Waals surface area contributed by atoms with Crippen LogP contribution in [-0.4, -0.2) is 33.6 Å². The summed E-state index contributed by atoms with van der Waals surface area (Å²) in [4.78, 5) is 22.3. The molecule has 32 heavy (non-hydrogen) atoms. The fourth-order valence-corrected chi connectivity index (χ4v) is 3.82. The van der Waals surface area contributed by atoms with Gasteiger partial charge in [-0.1, -0.05) is 30.3 Å². The van der Waals surface area contributed by atoms with E-state index in [0.717, 1.165) is 40.9 Å². The van der Waals surface area contributed by atoms with E-state index < -0.39 is 0 Å². The summed E-state index contributed by atoms with van der Waals surface area (Å²) in [5, 5.41) is 7.46. The maximum absolute atomic E-state index is 13.0. The summed E-state index contributed by atoms with van der Waals surface area (Å²) >= 11 is 0. The van der Waals surface area contributed by atoms with E-state index in [0.29, 0.717) is 11.4 Å². The largest absolute Gasteiger partial charge is 0.497 e. The third-order valence-corrected chi connectivity index (χ3v) is 5.73. The standard InChI is InChI=1S/C25H25N5O2/c1-30-14-13-26-24(30)23(16-7-11-18(32-2)12-8-16)29-22-15-20(25(31)27-17-9-10-17)19-5-3-4-6-21(19)28-22/h3-8,11-15,17,23H,9-10H2,1-2H3,(H,27,31)(H,28,29). The molecule has 7 nitrogen and oxygen atoms in total. The first kappa shape index (κ1) is 20.1. The smallest absolute Gasteiger partial charge is 0.252 e. The van der Waals surface area contributed by atoms with Crippen LogP contribution in [-0.2, 0) is 7.05 Å². The Bertz CT molecular complexity index is 1260. The number of amides is 1. The molecule has 2 heterocycles. The van der Waals surface area contributed by atoms with Crippen molar-refractivity contribution in [3.05, 3.63) is 83.9 Å². The van der Waals surface area contributed by atoms with Crippen molar-refractivity contribution in [2.45, 2.75) is 24.9 Å². The number of pyridine rings is 1. The lowest BCUT2D eigenvalue weighted by Gasteiger charge is -2.21. The topological polar surface area (TPSA) is 81.1 Å². The van der Waals surface area contributed by atoms with Crippen LogP contribution in [0.25, 0.3) is 10.9 Å². The number of benzene rings is 2. The molecule has 0 aliphatic heterocycles. The quantitative estimate of drug-likeness (QED) is 0.465. The lowest BCUT2D eigenvalue weighted by molar-refractivity contribution is 0.0952. The molecule has 0 radical (unpaired) electrons. The second-order valence-electron chi connectivity index (χ2n) is 8.07. The Morgan fingerprint density at radius 1 is 1.16 bits per heavy atom. The van der Waals surface area contributed by atoms with Gasteiger partial charge in [0.1, 0.15) is 23.4 Å². The van der Waals surface area contributed by atoms with Crippen molar-refractivity contribution in [3.8, 4) is 5.75 Å². The fourth-order valence-electron chi connectivity index (χ4n) is 3.82. The first-order chi connectivity index (χ1) is 15.6. The van der Waals surface area contributed by atoms with Crippen LogP contribution in [0.2, 0.25) is 0 Å². The highest BCUT2D eigenvalue weighted by atomic mass is 16.5. The minimum absolute atomic E-state index is 0.0628. The molecule has 1 aliphatic carbocycles. The summed E-state index contributed by atoms with van der Waals surface area (Å²) in [6, 6.07) is 17.5. The first-order valence-corrected chi connectivity index (χ1v) is 10.7. The van der Waals surface area contributed by atoms with Crippen LogP contribution in [0.3, 0.4) is 0 Å². The molecule has 5 rings (SSSR count). The van der Waals surface area contributed by atoms with Crippen LogP contribution < -0.4 is 15.4 Å². The predicted molar refractivity (Wildman–Crippen MR) is 124 cm³/mol. The summed E-state index contributed by atoms with van der Waals surface area (Å²) in [5.74, 6) is 2.19. The molecule has 2 aromatic carbocycles. The zero-order valence-corrected chi connectivity index (χ0v) is 18.1. The maximum atomic E-state index is 13.0. The molecule has 0 bridgehead atoms. The molecule has 2 aromatic heterocycles. The number of ether oxygens (including phenoxy) is 1. The van der Waals surface area contributed by atoms with Crippen LogP contribution in [0, 0.1) is 0 Å². The highest BCUT2D eigenvalue weighted by Gasteiger charge is 2.26. The van der Waals surface area contributed by atoms with Crippen molar-refractivity contribution in [2.75, 3.05) is 12.4 Å². The van der Waals surface area contributed by atoms with Gasteiger partial charge < -0.3 is 19.9 Å². The molecule has 1 fully saturated rings. The fraction of sp³-hybridized carbons (Fsp3) is 0.240. The van der Waals surface area contributed by atoms with Crippen molar-refractivity contribution < 1.29 is 9.53 Å². The van der Waals surface area contributed by atoms with E-state index >= 15 is 0 Å². The molecule has 1 amide bonds. The normalized spacial score (nSPS) is 14.2. The molecule has 7 heteroatoms. The SMILES string of the molecule is COc1ccc(C(Nc2cc(C(=O)NC3CC3)c3ccccc3n2)c2nccn2C)cc1. The Morgan fingerprint density at radius 2 is 1.94 bits per heavy atom. The predicted octanol–water partition coefficient (Wildman–Crippen LogP) is 4.07. The van der Waals surface area contributed by atoms with Crippen molar-refractivity contribution in [1.82, 2.24) is 19.9 Å². The highest BCUT2D eigenvalue weighted by Crippen LogP contribution is 2.29. The van der Waals surface area contributed by atoms with Crippen LogP contribution in [0.4, 0.5) is 5.82 Å². The van der Waals surface area contributed by atoms with E-state index in [4.69, 9.17) is 9.72 Å². The third kappa shape index (κ3) is 4.01. The number of fused-ring (bicyclic) bond motifs is 1. The lowest BCUT2D eigenvalue weighted by Crippen LogP contribution is -2.26. The number of imidazole rings is 1. The number of rotatable bonds is 7. The van der Waals surface area contributed by atoms with E-state index in [2.05, 4.69) is 15.6 Å². The number of nitrogens with one attached hydrogen (secondary N) is 2. The van der Waals surface area contributed by atoms with Crippen molar-refractivity contribution in [1.29, 1.82) is 0 Å². The van der Waals surface area contributed by atoms with E-state index in [1.807, 2.05) is 72.4 Å². The van der Waals surface area contributed by atoms with Gasteiger partial charge in [0.05, 0.1) is 18.2 Å². The molecule has 1 unspecified atom stereocenters. The average Bonchev–Trinajstić information content (AvgIpc) is 3.54. The number of para-hydroxylation sites is 1. The first-order valence-electron chi connectivity index (χ1n) is 10.7. The van der Waals surface area contributed by atoms with Crippen molar-refractivity contribution in [3.63, 3.8) is 0 Å². The number of nitrogens with zero attached hydrogens (tertiary/aromatic N) is 3. The summed E-state index contributed by atoms with van der Waals surface area (Å²) in [6.07, 6.45) is 5.77. The van der Waals surface area contributed by atoms with E-state index in [1.165, 1.54) is 0 Å². The van der Waals surface area contributed by atoms with Crippen LogP contribution in [0.5, 0.6) is 5.75 Å². The number of aryl methyl sites for hydroxylation is 1. The molecule has 0 spiro atoms. The van der Waals surface area contributed by atoms with Crippen molar-refractivity contribution >= 4 is 22.6 Å². The number of aromatic nitrogens is 3. The van der Waals surface area contributed by atoms with Gasteiger partial charge in [0.2, 0.25) is 0 Å². The van der Waals surface area contributed by atoms with Crippen molar-refractivity contribution in [2.24, 2.45) is 7.05 Å². The molecule has 162 valence electrons.